The summed E-state index contributed by atoms with van der Waals surface area (Å²) in [6.07, 6.45) is 2.17. The summed E-state index contributed by atoms with van der Waals surface area (Å²) in [6.45, 7) is 0.929. The van der Waals surface area contributed by atoms with Gasteiger partial charge in [-0.1, -0.05) is 0 Å². The van der Waals surface area contributed by atoms with Crippen LogP contribution in [0, 0.1) is 11.3 Å². The van der Waals surface area contributed by atoms with Crippen LogP contribution in [0.3, 0.4) is 0 Å². The zero-order valence-corrected chi connectivity index (χ0v) is 7.83. The van der Waals surface area contributed by atoms with Gasteiger partial charge < -0.3 is 5.32 Å². The lowest BCUT2D eigenvalue weighted by Crippen LogP contribution is -2.07. The molecule has 14 heavy (non-hydrogen) atoms. The minimum absolute atomic E-state index is 0.684. The molecule has 0 atom stereocenters. The van der Waals surface area contributed by atoms with Gasteiger partial charge in [0.1, 0.15) is 5.84 Å². The summed E-state index contributed by atoms with van der Waals surface area (Å²) in [5.41, 5.74) is 1.69. The van der Waals surface area contributed by atoms with Crippen LogP contribution < -0.4 is 5.32 Å². The Bertz CT molecular complexity index is 384. The Morgan fingerprint density at radius 1 is 1.29 bits per heavy atom. The summed E-state index contributed by atoms with van der Waals surface area (Å²) in [5, 5.41) is 11.9. The molecule has 1 heterocycles. The van der Waals surface area contributed by atoms with Crippen molar-refractivity contribution in [3.63, 3.8) is 0 Å². The van der Waals surface area contributed by atoms with E-state index in [9.17, 15) is 0 Å². The molecular weight excluding hydrogens is 174 g/mol. The standard InChI is InChI=1S/C11H11N3/c12-8-9-3-5-10(6-4-9)14-11-2-1-7-13-11/h3-6H,1-2,7H2,(H,13,14). The van der Waals surface area contributed by atoms with Gasteiger partial charge >= 0.3 is 0 Å². The molecule has 0 radical (unpaired) electrons. The fourth-order valence-electron chi connectivity index (χ4n) is 1.44. The number of anilines is 1. The highest BCUT2D eigenvalue weighted by atomic mass is 15.0. The number of nitrogens with zero attached hydrogens (tertiary/aromatic N) is 2. The molecule has 1 aliphatic heterocycles. The van der Waals surface area contributed by atoms with Crippen molar-refractivity contribution >= 4 is 11.5 Å². The summed E-state index contributed by atoms with van der Waals surface area (Å²) in [5.74, 6) is 1.05. The molecule has 0 amide bonds. The average molecular weight is 185 g/mol. The van der Waals surface area contributed by atoms with E-state index in [2.05, 4.69) is 16.4 Å². The Morgan fingerprint density at radius 3 is 2.64 bits per heavy atom. The zero-order valence-electron chi connectivity index (χ0n) is 7.83. The molecule has 1 aliphatic rings. The van der Waals surface area contributed by atoms with Crippen LogP contribution in [0.5, 0.6) is 0 Å². The SMILES string of the molecule is N#Cc1ccc(NC2=NCCC2)cc1. The van der Waals surface area contributed by atoms with Crippen molar-refractivity contribution in [3.8, 4) is 6.07 Å². The molecule has 0 bridgehead atoms. The molecule has 1 aromatic carbocycles. The quantitative estimate of drug-likeness (QED) is 0.728. The van der Waals surface area contributed by atoms with E-state index in [4.69, 9.17) is 5.26 Å². The molecule has 0 spiro atoms. The van der Waals surface area contributed by atoms with E-state index >= 15 is 0 Å². The predicted octanol–water partition coefficient (Wildman–Crippen LogP) is 2.16. The second-order valence-corrected chi connectivity index (χ2v) is 3.25. The fraction of sp³-hybridized carbons (Fsp3) is 0.273. The van der Waals surface area contributed by atoms with Crippen molar-refractivity contribution in [2.75, 3.05) is 11.9 Å². The number of nitriles is 1. The van der Waals surface area contributed by atoms with Gasteiger partial charge in [-0.05, 0) is 30.7 Å². The van der Waals surface area contributed by atoms with Gasteiger partial charge in [0, 0.05) is 18.7 Å². The van der Waals surface area contributed by atoms with E-state index < -0.39 is 0 Å². The van der Waals surface area contributed by atoms with Crippen LogP contribution in [0.2, 0.25) is 0 Å². The largest absolute Gasteiger partial charge is 0.344 e. The molecule has 3 heteroatoms. The first-order valence-corrected chi connectivity index (χ1v) is 4.69. The molecule has 0 aliphatic carbocycles. The van der Waals surface area contributed by atoms with Crippen molar-refractivity contribution in [2.24, 2.45) is 4.99 Å². The van der Waals surface area contributed by atoms with Crippen LogP contribution >= 0.6 is 0 Å². The van der Waals surface area contributed by atoms with Crippen molar-refractivity contribution < 1.29 is 0 Å². The number of hydrogen-bond acceptors (Lipinski definition) is 3. The molecule has 3 nitrogen and oxygen atoms in total. The Morgan fingerprint density at radius 2 is 2.07 bits per heavy atom. The molecule has 1 aromatic rings. The number of nitrogens with one attached hydrogen (secondary N) is 1. The first kappa shape index (κ1) is 8.76. The number of amidine groups is 1. The Kier molecular flexibility index (Phi) is 2.46. The minimum atomic E-state index is 0.684. The Labute approximate surface area is 83.1 Å². The summed E-state index contributed by atoms with van der Waals surface area (Å²) in [4.78, 5) is 4.31. The predicted molar refractivity (Wildman–Crippen MR) is 56.3 cm³/mol. The Balaban J connectivity index is 2.07. The van der Waals surface area contributed by atoms with Gasteiger partial charge in [-0.3, -0.25) is 4.99 Å². The van der Waals surface area contributed by atoms with Crippen LogP contribution in [0.25, 0.3) is 0 Å². The topological polar surface area (TPSA) is 48.2 Å². The summed E-state index contributed by atoms with van der Waals surface area (Å²) >= 11 is 0. The van der Waals surface area contributed by atoms with Crippen molar-refractivity contribution in [1.82, 2.24) is 0 Å². The maximum Gasteiger partial charge on any atom is 0.101 e. The van der Waals surface area contributed by atoms with Gasteiger partial charge in [-0.2, -0.15) is 5.26 Å². The number of benzene rings is 1. The number of aliphatic imine (C=N–C) groups is 1. The van der Waals surface area contributed by atoms with Gasteiger partial charge in [0.25, 0.3) is 0 Å². The maximum absolute atomic E-state index is 8.62. The van der Waals surface area contributed by atoms with E-state index in [0.717, 1.165) is 30.9 Å². The first-order valence-electron chi connectivity index (χ1n) is 4.69. The van der Waals surface area contributed by atoms with E-state index in [-0.39, 0.29) is 0 Å². The van der Waals surface area contributed by atoms with Gasteiger partial charge in [-0.25, -0.2) is 0 Å². The molecule has 70 valence electrons. The summed E-state index contributed by atoms with van der Waals surface area (Å²) < 4.78 is 0. The monoisotopic (exact) mass is 185 g/mol. The second-order valence-electron chi connectivity index (χ2n) is 3.25. The number of rotatable bonds is 1. The van der Waals surface area contributed by atoms with E-state index in [1.807, 2.05) is 12.1 Å². The minimum Gasteiger partial charge on any atom is -0.344 e. The van der Waals surface area contributed by atoms with Gasteiger partial charge in [0.2, 0.25) is 0 Å². The summed E-state index contributed by atoms with van der Waals surface area (Å²) in [6, 6.07) is 9.50. The first-order chi connectivity index (χ1) is 6.88. The normalized spacial score (nSPS) is 14.6. The molecule has 0 aromatic heterocycles. The van der Waals surface area contributed by atoms with Crippen LogP contribution in [-0.4, -0.2) is 12.4 Å². The highest BCUT2D eigenvalue weighted by Crippen LogP contribution is 2.12. The zero-order chi connectivity index (χ0) is 9.80. The van der Waals surface area contributed by atoms with E-state index in [1.165, 1.54) is 0 Å². The van der Waals surface area contributed by atoms with E-state index in [0.29, 0.717) is 5.56 Å². The second kappa shape index (κ2) is 3.93. The van der Waals surface area contributed by atoms with Gasteiger partial charge in [-0.15, -0.1) is 0 Å². The molecule has 0 saturated heterocycles. The highest BCUT2D eigenvalue weighted by Gasteiger charge is 2.05. The van der Waals surface area contributed by atoms with Crippen LogP contribution in [0.4, 0.5) is 5.69 Å². The number of hydrogen-bond donors (Lipinski definition) is 1. The summed E-state index contributed by atoms with van der Waals surface area (Å²) in [7, 11) is 0. The molecule has 0 unspecified atom stereocenters. The molecular formula is C11H11N3. The van der Waals surface area contributed by atoms with Crippen molar-refractivity contribution in [3.05, 3.63) is 29.8 Å². The highest BCUT2D eigenvalue weighted by molar-refractivity contribution is 5.96. The van der Waals surface area contributed by atoms with Gasteiger partial charge in [0.15, 0.2) is 0 Å². The third-order valence-electron chi connectivity index (χ3n) is 2.18. The van der Waals surface area contributed by atoms with Crippen LogP contribution in [-0.2, 0) is 0 Å². The lowest BCUT2D eigenvalue weighted by atomic mass is 10.2. The lowest BCUT2D eigenvalue weighted by Gasteiger charge is -2.04. The van der Waals surface area contributed by atoms with Crippen LogP contribution in [0.1, 0.15) is 18.4 Å². The third-order valence-corrected chi connectivity index (χ3v) is 2.18. The maximum atomic E-state index is 8.62. The van der Waals surface area contributed by atoms with Crippen molar-refractivity contribution in [1.29, 1.82) is 5.26 Å². The lowest BCUT2D eigenvalue weighted by molar-refractivity contribution is 0.951. The smallest absolute Gasteiger partial charge is 0.101 e. The third kappa shape index (κ3) is 1.91. The van der Waals surface area contributed by atoms with Crippen LogP contribution in [0.15, 0.2) is 29.3 Å². The molecule has 0 saturated carbocycles. The van der Waals surface area contributed by atoms with E-state index in [1.54, 1.807) is 12.1 Å². The Hall–Kier alpha value is -1.82. The molecule has 2 rings (SSSR count). The van der Waals surface area contributed by atoms with Gasteiger partial charge in [0.05, 0.1) is 11.6 Å². The molecule has 1 N–H and O–H groups in total. The average Bonchev–Trinajstić information content (AvgIpc) is 2.72. The van der Waals surface area contributed by atoms with Crippen molar-refractivity contribution in [2.45, 2.75) is 12.8 Å². The fourth-order valence-corrected chi connectivity index (χ4v) is 1.44. The molecule has 0 fully saturated rings.